The van der Waals surface area contributed by atoms with E-state index >= 15 is 0 Å². The third-order valence-corrected chi connectivity index (χ3v) is 4.40. The SMILES string of the molecule is CC(=O)Nc1ccc(C)cc1NC(=O)COc1ccc2cc(Br)ccc2c1. The number of hydrogen-bond donors (Lipinski definition) is 2. The van der Waals surface area contributed by atoms with Crippen LogP contribution in [0.25, 0.3) is 10.8 Å². The van der Waals surface area contributed by atoms with E-state index in [1.807, 2.05) is 49.4 Å². The lowest BCUT2D eigenvalue weighted by Gasteiger charge is -2.13. The molecule has 3 rings (SSSR count). The van der Waals surface area contributed by atoms with Gasteiger partial charge in [-0.15, -0.1) is 0 Å². The van der Waals surface area contributed by atoms with Gasteiger partial charge in [-0.1, -0.05) is 34.1 Å². The van der Waals surface area contributed by atoms with Crippen molar-refractivity contribution in [3.05, 3.63) is 64.6 Å². The molecule has 3 aromatic carbocycles. The molecule has 0 fully saturated rings. The van der Waals surface area contributed by atoms with Gasteiger partial charge in [-0.3, -0.25) is 9.59 Å². The van der Waals surface area contributed by atoms with Crippen LogP contribution in [0.15, 0.2) is 59.1 Å². The molecule has 0 atom stereocenters. The number of benzene rings is 3. The molecular formula is C21H19BrN2O3. The Labute approximate surface area is 165 Å². The number of hydrogen-bond acceptors (Lipinski definition) is 3. The number of amides is 2. The van der Waals surface area contributed by atoms with E-state index in [-0.39, 0.29) is 18.4 Å². The van der Waals surface area contributed by atoms with E-state index in [0.29, 0.717) is 17.1 Å². The van der Waals surface area contributed by atoms with E-state index in [0.717, 1.165) is 20.8 Å². The summed E-state index contributed by atoms with van der Waals surface area (Å²) in [5.74, 6) is 0.114. The van der Waals surface area contributed by atoms with Gasteiger partial charge in [0.25, 0.3) is 5.91 Å². The van der Waals surface area contributed by atoms with Gasteiger partial charge in [-0.2, -0.15) is 0 Å². The Hall–Kier alpha value is -2.86. The van der Waals surface area contributed by atoms with Crippen LogP contribution in [0.4, 0.5) is 11.4 Å². The molecule has 0 aromatic heterocycles. The van der Waals surface area contributed by atoms with Crippen LogP contribution >= 0.6 is 15.9 Å². The highest BCUT2D eigenvalue weighted by Gasteiger charge is 2.10. The standard InChI is InChI=1S/C21H19BrN2O3/c1-13-3-8-19(23-14(2)25)20(9-13)24-21(26)12-27-18-7-5-15-10-17(22)6-4-16(15)11-18/h3-11H,12H2,1-2H3,(H,23,25)(H,24,26). The minimum atomic E-state index is -0.303. The average molecular weight is 427 g/mol. The van der Waals surface area contributed by atoms with Gasteiger partial charge in [0.15, 0.2) is 6.61 Å². The van der Waals surface area contributed by atoms with E-state index in [1.54, 1.807) is 12.1 Å². The number of anilines is 2. The first kappa shape index (κ1) is 18.9. The summed E-state index contributed by atoms with van der Waals surface area (Å²) < 4.78 is 6.63. The van der Waals surface area contributed by atoms with Gasteiger partial charge < -0.3 is 15.4 Å². The zero-order valence-electron chi connectivity index (χ0n) is 15.0. The fraction of sp³-hybridized carbons (Fsp3) is 0.143. The van der Waals surface area contributed by atoms with Gasteiger partial charge in [0.2, 0.25) is 5.91 Å². The van der Waals surface area contributed by atoms with Crippen LogP contribution in [-0.2, 0) is 9.59 Å². The zero-order chi connectivity index (χ0) is 19.4. The highest BCUT2D eigenvalue weighted by molar-refractivity contribution is 9.10. The molecule has 0 unspecified atom stereocenters. The summed E-state index contributed by atoms with van der Waals surface area (Å²) in [5.41, 5.74) is 2.07. The monoisotopic (exact) mass is 426 g/mol. The number of carbonyl (C=O) groups excluding carboxylic acids is 2. The molecule has 3 aromatic rings. The quantitative estimate of drug-likeness (QED) is 0.610. The summed E-state index contributed by atoms with van der Waals surface area (Å²) in [7, 11) is 0. The van der Waals surface area contributed by atoms with Crippen molar-refractivity contribution in [1.82, 2.24) is 0 Å². The molecule has 6 heteroatoms. The van der Waals surface area contributed by atoms with Crippen LogP contribution in [0.3, 0.4) is 0 Å². The summed E-state index contributed by atoms with van der Waals surface area (Å²) in [4.78, 5) is 23.6. The molecule has 0 saturated heterocycles. The lowest BCUT2D eigenvalue weighted by atomic mass is 10.1. The van der Waals surface area contributed by atoms with Crippen molar-refractivity contribution >= 4 is 49.9 Å². The predicted molar refractivity (Wildman–Crippen MR) is 111 cm³/mol. The highest BCUT2D eigenvalue weighted by atomic mass is 79.9. The zero-order valence-corrected chi connectivity index (χ0v) is 16.6. The van der Waals surface area contributed by atoms with E-state index in [1.165, 1.54) is 6.92 Å². The van der Waals surface area contributed by atoms with Crippen LogP contribution in [0, 0.1) is 6.92 Å². The van der Waals surface area contributed by atoms with Crippen molar-refractivity contribution in [1.29, 1.82) is 0 Å². The summed E-state index contributed by atoms with van der Waals surface area (Å²) >= 11 is 3.45. The maximum Gasteiger partial charge on any atom is 0.262 e. The molecule has 27 heavy (non-hydrogen) atoms. The summed E-state index contributed by atoms with van der Waals surface area (Å²) in [6.07, 6.45) is 0. The van der Waals surface area contributed by atoms with Crippen LogP contribution in [0.5, 0.6) is 5.75 Å². The number of halogens is 1. The van der Waals surface area contributed by atoms with Gasteiger partial charge in [-0.05, 0) is 59.7 Å². The number of fused-ring (bicyclic) bond motifs is 1. The number of aryl methyl sites for hydroxylation is 1. The first-order chi connectivity index (χ1) is 12.9. The molecule has 0 spiro atoms. The van der Waals surface area contributed by atoms with Gasteiger partial charge >= 0.3 is 0 Å². The average Bonchev–Trinajstić information content (AvgIpc) is 2.62. The molecule has 0 aliphatic heterocycles. The van der Waals surface area contributed by atoms with Crippen molar-refractivity contribution in [3.63, 3.8) is 0 Å². The van der Waals surface area contributed by atoms with Crippen LogP contribution in [-0.4, -0.2) is 18.4 Å². The Morgan fingerprint density at radius 2 is 1.67 bits per heavy atom. The molecule has 2 amide bonds. The summed E-state index contributed by atoms with van der Waals surface area (Å²) in [6, 6.07) is 17.1. The largest absolute Gasteiger partial charge is 0.484 e. The number of nitrogens with one attached hydrogen (secondary N) is 2. The van der Waals surface area contributed by atoms with Gasteiger partial charge in [0, 0.05) is 11.4 Å². The Morgan fingerprint density at radius 1 is 0.926 bits per heavy atom. The third kappa shape index (κ3) is 5.08. The number of ether oxygens (including phenoxy) is 1. The van der Waals surface area contributed by atoms with E-state index < -0.39 is 0 Å². The van der Waals surface area contributed by atoms with Gasteiger partial charge in [0.1, 0.15) is 5.75 Å². The van der Waals surface area contributed by atoms with Gasteiger partial charge in [-0.25, -0.2) is 0 Å². The van der Waals surface area contributed by atoms with Crippen LogP contribution < -0.4 is 15.4 Å². The van der Waals surface area contributed by atoms with E-state index in [2.05, 4.69) is 26.6 Å². The second-order valence-corrected chi connectivity index (χ2v) is 7.14. The molecule has 0 radical (unpaired) electrons. The molecular weight excluding hydrogens is 408 g/mol. The Morgan fingerprint density at radius 3 is 2.44 bits per heavy atom. The van der Waals surface area contributed by atoms with Crippen molar-refractivity contribution in [2.45, 2.75) is 13.8 Å². The van der Waals surface area contributed by atoms with Crippen molar-refractivity contribution in [2.75, 3.05) is 17.2 Å². The van der Waals surface area contributed by atoms with Crippen molar-refractivity contribution < 1.29 is 14.3 Å². The minimum absolute atomic E-state index is 0.129. The molecule has 0 aliphatic carbocycles. The fourth-order valence-corrected chi connectivity index (χ4v) is 3.06. The van der Waals surface area contributed by atoms with E-state index in [4.69, 9.17) is 4.74 Å². The van der Waals surface area contributed by atoms with Gasteiger partial charge in [0.05, 0.1) is 11.4 Å². The summed E-state index contributed by atoms with van der Waals surface area (Å²) in [6.45, 7) is 3.21. The normalized spacial score (nSPS) is 10.5. The Balaban J connectivity index is 1.67. The number of rotatable bonds is 5. The first-order valence-corrected chi connectivity index (χ1v) is 9.20. The second kappa shape index (κ2) is 8.22. The lowest BCUT2D eigenvalue weighted by Crippen LogP contribution is -2.21. The summed E-state index contributed by atoms with van der Waals surface area (Å²) in [5, 5.41) is 7.61. The molecule has 2 N–H and O–H groups in total. The second-order valence-electron chi connectivity index (χ2n) is 6.22. The predicted octanol–water partition coefficient (Wildman–Crippen LogP) is 4.89. The van der Waals surface area contributed by atoms with Crippen molar-refractivity contribution in [2.24, 2.45) is 0 Å². The molecule has 0 bridgehead atoms. The minimum Gasteiger partial charge on any atom is -0.484 e. The Kier molecular flexibility index (Phi) is 5.76. The molecule has 0 heterocycles. The smallest absolute Gasteiger partial charge is 0.262 e. The molecule has 138 valence electrons. The molecule has 0 saturated carbocycles. The maximum absolute atomic E-state index is 12.3. The number of carbonyl (C=O) groups is 2. The maximum atomic E-state index is 12.3. The molecule has 0 aliphatic rings. The third-order valence-electron chi connectivity index (χ3n) is 3.90. The highest BCUT2D eigenvalue weighted by Crippen LogP contribution is 2.25. The van der Waals surface area contributed by atoms with Crippen LogP contribution in [0.1, 0.15) is 12.5 Å². The van der Waals surface area contributed by atoms with E-state index in [9.17, 15) is 9.59 Å². The van der Waals surface area contributed by atoms with Crippen molar-refractivity contribution in [3.8, 4) is 5.75 Å². The lowest BCUT2D eigenvalue weighted by molar-refractivity contribution is -0.118. The fourth-order valence-electron chi connectivity index (χ4n) is 2.68. The Bertz CT molecular complexity index is 1020. The molecule has 5 nitrogen and oxygen atoms in total. The van der Waals surface area contributed by atoms with Crippen LogP contribution in [0.2, 0.25) is 0 Å². The first-order valence-electron chi connectivity index (χ1n) is 8.41. The topological polar surface area (TPSA) is 67.4 Å².